The smallest absolute Gasteiger partial charge is 0.00915 e. The number of nitrogens with one attached hydrogen (secondary N) is 1. The molecule has 0 bridgehead atoms. The Balaban J connectivity index is 2.12. The lowest BCUT2D eigenvalue weighted by Gasteiger charge is -2.35. The van der Waals surface area contributed by atoms with Gasteiger partial charge >= 0.3 is 0 Å². The SMILES string of the molecule is CCCC(C)CNC1CCN(C(C)C)CC1. The first-order valence-electron chi connectivity index (χ1n) is 7.11. The minimum Gasteiger partial charge on any atom is -0.314 e. The summed E-state index contributed by atoms with van der Waals surface area (Å²) in [5.41, 5.74) is 0. The summed E-state index contributed by atoms with van der Waals surface area (Å²) in [6, 6.07) is 1.49. The molecular formula is C14H30N2. The maximum absolute atomic E-state index is 3.74. The van der Waals surface area contributed by atoms with Crippen molar-refractivity contribution in [3.05, 3.63) is 0 Å². The maximum atomic E-state index is 3.74. The van der Waals surface area contributed by atoms with Crippen LogP contribution < -0.4 is 5.32 Å². The summed E-state index contributed by atoms with van der Waals surface area (Å²) in [6.45, 7) is 13.0. The van der Waals surface area contributed by atoms with Crippen LogP contribution in [0.3, 0.4) is 0 Å². The molecule has 1 heterocycles. The quantitative estimate of drug-likeness (QED) is 0.749. The molecule has 1 N–H and O–H groups in total. The van der Waals surface area contributed by atoms with Gasteiger partial charge in [-0.3, -0.25) is 0 Å². The van der Waals surface area contributed by atoms with Crippen molar-refractivity contribution in [2.24, 2.45) is 5.92 Å². The summed E-state index contributed by atoms with van der Waals surface area (Å²) in [5.74, 6) is 0.841. The largest absolute Gasteiger partial charge is 0.314 e. The summed E-state index contributed by atoms with van der Waals surface area (Å²) in [6.07, 6.45) is 5.33. The average Bonchev–Trinajstić information content (AvgIpc) is 2.27. The van der Waals surface area contributed by atoms with Crippen molar-refractivity contribution < 1.29 is 0 Å². The van der Waals surface area contributed by atoms with E-state index in [9.17, 15) is 0 Å². The van der Waals surface area contributed by atoms with Crippen molar-refractivity contribution in [1.82, 2.24) is 10.2 Å². The molecule has 0 amide bonds. The van der Waals surface area contributed by atoms with Gasteiger partial charge in [-0.15, -0.1) is 0 Å². The predicted octanol–water partition coefficient (Wildman–Crippen LogP) is 2.89. The fourth-order valence-electron chi connectivity index (χ4n) is 2.58. The molecule has 0 aromatic carbocycles. The van der Waals surface area contributed by atoms with Gasteiger partial charge in [-0.2, -0.15) is 0 Å². The average molecular weight is 226 g/mol. The van der Waals surface area contributed by atoms with Crippen molar-refractivity contribution in [3.8, 4) is 0 Å². The second kappa shape index (κ2) is 7.29. The molecule has 0 saturated carbocycles. The van der Waals surface area contributed by atoms with Crippen molar-refractivity contribution in [3.63, 3.8) is 0 Å². The first-order chi connectivity index (χ1) is 7.63. The van der Waals surface area contributed by atoms with Gasteiger partial charge in [0.1, 0.15) is 0 Å². The Kier molecular flexibility index (Phi) is 6.37. The summed E-state index contributed by atoms with van der Waals surface area (Å²) >= 11 is 0. The van der Waals surface area contributed by atoms with Crippen LogP contribution in [-0.4, -0.2) is 36.6 Å². The second-order valence-electron chi connectivity index (χ2n) is 5.71. The third-order valence-corrected chi connectivity index (χ3v) is 3.80. The van der Waals surface area contributed by atoms with Gasteiger partial charge in [0.05, 0.1) is 0 Å². The van der Waals surface area contributed by atoms with Gasteiger partial charge in [-0.05, 0) is 58.7 Å². The molecule has 1 saturated heterocycles. The lowest BCUT2D eigenvalue weighted by Crippen LogP contribution is -2.45. The minimum atomic E-state index is 0.722. The van der Waals surface area contributed by atoms with Gasteiger partial charge in [-0.1, -0.05) is 20.3 Å². The van der Waals surface area contributed by atoms with E-state index in [1.807, 2.05) is 0 Å². The van der Waals surface area contributed by atoms with E-state index in [0.717, 1.165) is 18.0 Å². The van der Waals surface area contributed by atoms with Gasteiger partial charge in [0.25, 0.3) is 0 Å². The van der Waals surface area contributed by atoms with E-state index < -0.39 is 0 Å². The highest BCUT2D eigenvalue weighted by Crippen LogP contribution is 2.13. The van der Waals surface area contributed by atoms with Crippen LogP contribution in [0.4, 0.5) is 0 Å². The topological polar surface area (TPSA) is 15.3 Å². The standard InChI is InChI=1S/C14H30N2/c1-5-6-13(4)11-15-14-7-9-16(10-8-14)12(2)3/h12-15H,5-11H2,1-4H3. The van der Waals surface area contributed by atoms with Crippen molar-refractivity contribution in [2.45, 2.75) is 65.5 Å². The first-order valence-corrected chi connectivity index (χ1v) is 7.11. The molecule has 1 unspecified atom stereocenters. The van der Waals surface area contributed by atoms with E-state index in [-0.39, 0.29) is 0 Å². The van der Waals surface area contributed by atoms with Crippen LogP contribution in [0, 0.1) is 5.92 Å². The van der Waals surface area contributed by atoms with E-state index in [1.165, 1.54) is 45.3 Å². The molecule has 1 atom stereocenters. The summed E-state index contributed by atoms with van der Waals surface area (Å²) < 4.78 is 0. The number of rotatable bonds is 6. The highest BCUT2D eigenvalue weighted by molar-refractivity contribution is 4.79. The Morgan fingerprint density at radius 3 is 2.31 bits per heavy atom. The Labute approximate surface area is 102 Å². The van der Waals surface area contributed by atoms with Gasteiger partial charge in [0.2, 0.25) is 0 Å². The lowest BCUT2D eigenvalue weighted by atomic mass is 10.0. The zero-order valence-electron chi connectivity index (χ0n) is 11.6. The molecule has 16 heavy (non-hydrogen) atoms. The van der Waals surface area contributed by atoms with Gasteiger partial charge in [0, 0.05) is 12.1 Å². The Morgan fingerprint density at radius 1 is 1.19 bits per heavy atom. The van der Waals surface area contributed by atoms with Crippen LogP contribution in [0.15, 0.2) is 0 Å². The number of nitrogens with zero attached hydrogens (tertiary/aromatic N) is 1. The second-order valence-corrected chi connectivity index (χ2v) is 5.71. The molecule has 0 aromatic rings. The molecule has 1 rings (SSSR count). The van der Waals surface area contributed by atoms with Crippen LogP contribution in [0.2, 0.25) is 0 Å². The molecule has 1 aliphatic rings. The molecule has 96 valence electrons. The minimum absolute atomic E-state index is 0.722. The van der Waals surface area contributed by atoms with Crippen LogP contribution in [0.1, 0.15) is 53.4 Å². The van der Waals surface area contributed by atoms with E-state index in [1.54, 1.807) is 0 Å². The van der Waals surface area contributed by atoms with E-state index in [0.29, 0.717) is 0 Å². The predicted molar refractivity (Wildman–Crippen MR) is 71.8 cm³/mol. The van der Waals surface area contributed by atoms with Gasteiger partial charge in [-0.25, -0.2) is 0 Å². The van der Waals surface area contributed by atoms with Crippen molar-refractivity contribution in [2.75, 3.05) is 19.6 Å². The van der Waals surface area contributed by atoms with E-state index in [4.69, 9.17) is 0 Å². The third-order valence-electron chi connectivity index (χ3n) is 3.80. The zero-order chi connectivity index (χ0) is 12.0. The lowest BCUT2D eigenvalue weighted by molar-refractivity contribution is 0.159. The Bertz CT molecular complexity index is 172. The van der Waals surface area contributed by atoms with Gasteiger partial charge < -0.3 is 10.2 Å². The summed E-state index contributed by atoms with van der Waals surface area (Å²) in [7, 11) is 0. The highest BCUT2D eigenvalue weighted by atomic mass is 15.2. The van der Waals surface area contributed by atoms with E-state index >= 15 is 0 Å². The molecule has 0 aromatic heterocycles. The van der Waals surface area contributed by atoms with E-state index in [2.05, 4.69) is 37.9 Å². The summed E-state index contributed by atoms with van der Waals surface area (Å²) in [4.78, 5) is 2.59. The monoisotopic (exact) mass is 226 g/mol. The zero-order valence-corrected chi connectivity index (χ0v) is 11.6. The fraction of sp³-hybridized carbons (Fsp3) is 1.00. The maximum Gasteiger partial charge on any atom is 0.00915 e. The molecule has 1 aliphatic heterocycles. The van der Waals surface area contributed by atoms with Crippen LogP contribution >= 0.6 is 0 Å². The fourth-order valence-corrected chi connectivity index (χ4v) is 2.58. The summed E-state index contributed by atoms with van der Waals surface area (Å²) in [5, 5.41) is 3.74. The molecule has 0 radical (unpaired) electrons. The van der Waals surface area contributed by atoms with Crippen LogP contribution in [0.5, 0.6) is 0 Å². The number of piperidine rings is 1. The number of likely N-dealkylation sites (tertiary alicyclic amines) is 1. The normalized spacial score (nSPS) is 21.6. The third kappa shape index (κ3) is 4.84. The van der Waals surface area contributed by atoms with Crippen LogP contribution in [-0.2, 0) is 0 Å². The highest BCUT2D eigenvalue weighted by Gasteiger charge is 2.20. The molecule has 0 aliphatic carbocycles. The van der Waals surface area contributed by atoms with Gasteiger partial charge in [0.15, 0.2) is 0 Å². The Hall–Kier alpha value is -0.0800. The molecule has 2 nitrogen and oxygen atoms in total. The first kappa shape index (κ1) is 14.0. The number of hydrogen-bond donors (Lipinski definition) is 1. The molecule has 2 heteroatoms. The molecule has 0 spiro atoms. The van der Waals surface area contributed by atoms with Crippen LogP contribution in [0.25, 0.3) is 0 Å². The molecule has 1 fully saturated rings. The molecular weight excluding hydrogens is 196 g/mol. The van der Waals surface area contributed by atoms with Crippen molar-refractivity contribution >= 4 is 0 Å². The number of hydrogen-bond acceptors (Lipinski definition) is 2. The van der Waals surface area contributed by atoms with Crippen molar-refractivity contribution in [1.29, 1.82) is 0 Å². The Morgan fingerprint density at radius 2 is 1.81 bits per heavy atom.